The highest BCUT2D eigenvalue weighted by molar-refractivity contribution is 6.30. The Morgan fingerprint density at radius 2 is 2.00 bits per heavy atom. The third-order valence-electron chi connectivity index (χ3n) is 4.40. The van der Waals surface area contributed by atoms with Crippen molar-refractivity contribution >= 4 is 17.5 Å². The van der Waals surface area contributed by atoms with Crippen LogP contribution in [0.15, 0.2) is 24.3 Å². The second-order valence-electron chi connectivity index (χ2n) is 5.86. The van der Waals surface area contributed by atoms with Crippen LogP contribution in [0.25, 0.3) is 0 Å². The average Bonchev–Trinajstić information content (AvgIpc) is 2.45. The predicted octanol–water partition coefficient (Wildman–Crippen LogP) is 3.52. The van der Waals surface area contributed by atoms with Crippen molar-refractivity contribution < 1.29 is 4.79 Å². The molecule has 1 unspecified atom stereocenters. The van der Waals surface area contributed by atoms with E-state index < -0.39 is 5.54 Å². The summed E-state index contributed by atoms with van der Waals surface area (Å²) < 4.78 is 0. The van der Waals surface area contributed by atoms with Gasteiger partial charge in [-0.05, 0) is 37.5 Å². The van der Waals surface area contributed by atoms with E-state index in [0.717, 1.165) is 31.2 Å². The summed E-state index contributed by atoms with van der Waals surface area (Å²) >= 11 is 6.02. The third kappa shape index (κ3) is 3.15. The normalized spacial score (nSPS) is 19.4. The molecule has 0 saturated heterocycles. The zero-order valence-electron chi connectivity index (χ0n) is 12.2. The molecule has 0 heterocycles. The van der Waals surface area contributed by atoms with E-state index >= 15 is 0 Å². The van der Waals surface area contributed by atoms with Gasteiger partial charge in [-0.25, -0.2) is 0 Å². The molecule has 20 heavy (non-hydrogen) atoms. The van der Waals surface area contributed by atoms with Gasteiger partial charge in [0.05, 0.1) is 11.6 Å². The first-order chi connectivity index (χ1) is 9.44. The van der Waals surface area contributed by atoms with Crippen molar-refractivity contribution in [3.8, 4) is 0 Å². The monoisotopic (exact) mass is 294 g/mol. The van der Waals surface area contributed by atoms with Gasteiger partial charge in [-0.3, -0.25) is 4.79 Å². The minimum atomic E-state index is -0.681. The van der Waals surface area contributed by atoms with E-state index in [0.29, 0.717) is 5.02 Å². The molecule has 1 aliphatic carbocycles. The molecule has 1 saturated carbocycles. The number of hydrogen-bond donors (Lipinski definition) is 1. The van der Waals surface area contributed by atoms with E-state index in [1.165, 1.54) is 6.42 Å². The van der Waals surface area contributed by atoms with Gasteiger partial charge in [0.25, 0.3) is 0 Å². The summed E-state index contributed by atoms with van der Waals surface area (Å²) in [7, 11) is 1.83. The number of amides is 1. The molecular formula is C16H23ClN2O. The van der Waals surface area contributed by atoms with Crippen LogP contribution < -0.4 is 5.73 Å². The number of nitrogens with zero attached hydrogens (tertiary/aromatic N) is 1. The van der Waals surface area contributed by atoms with Crippen LogP contribution in [0.2, 0.25) is 5.02 Å². The topological polar surface area (TPSA) is 46.3 Å². The van der Waals surface area contributed by atoms with Gasteiger partial charge in [0.2, 0.25) is 5.91 Å². The lowest BCUT2D eigenvalue weighted by atomic mass is 9.81. The quantitative estimate of drug-likeness (QED) is 0.927. The maximum atomic E-state index is 12.7. The van der Waals surface area contributed by atoms with Gasteiger partial charge in [-0.2, -0.15) is 0 Å². The van der Waals surface area contributed by atoms with Crippen LogP contribution in [0.5, 0.6) is 0 Å². The molecule has 0 radical (unpaired) electrons. The Kier molecular flexibility index (Phi) is 4.71. The van der Waals surface area contributed by atoms with E-state index in [1.54, 1.807) is 4.90 Å². The molecule has 1 aliphatic rings. The van der Waals surface area contributed by atoms with Crippen molar-refractivity contribution in [3.63, 3.8) is 0 Å². The fourth-order valence-electron chi connectivity index (χ4n) is 2.91. The van der Waals surface area contributed by atoms with Crippen LogP contribution in [0.1, 0.15) is 50.6 Å². The lowest BCUT2D eigenvalue weighted by molar-refractivity contribution is -0.138. The summed E-state index contributed by atoms with van der Waals surface area (Å²) in [6, 6.07) is 7.62. The number of hydrogen-bond acceptors (Lipinski definition) is 2. The number of carbonyl (C=O) groups excluding carboxylic acids is 1. The van der Waals surface area contributed by atoms with E-state index in [9.17, 15) is 4.79 Å². The van der Waals surface area contributed by atoms with Crippen LogP contribution >= 0.6 is 11.6 Å². The Bertz CT molecular complexity index is 483. The lowest BCUT2D eigenvalue weighted by Gasteiger charge is -2.37. The highest BCUT2D eigenvalue weighted by atomic mass is 35.5. The van der Waals surface area contributed by atoms with Crippen LogP contribution in [0, 0.1) is 0 Å². The van der Waals surface area contributed by atoms with Crippen molar-refractivity contribution in [3.05, 3.63) is 34.9 Å². The molecule has 1 aromatic carbocycles. The van der Waals surface area contributed by atoms with Crippen molar-refractivity contribution in [1.29, 1.82) is 0 Å². The summed E-state index contributed by atoms with van der Waals surface area (Å²) in [5, 5.41) is 0.690. The Labute approximate surface area is 126 Å². The molecule has 3 nitrogen and oxygen atoms in total. The molecule has 0 aromatic heterocycles. The maximum absolute atomic E-state index is 12.7. The second-order valence-corrected chi connectivity index (χ2v) is 6.30. The average molecular weight is 295 g/mol. The van der Waals surface area contributed by atoms with Crippen LogP contribution in [-0.2, 0) is 4.79 Å². The zero-order valence-corrected chi connectivity index (χ0v) is 13.0. The minimum absolute atomic E-state index is 0.0245. The van der Waals surface area contributed by atoms with Gasteiger partial charge in [0.1, 0.15) is 0 Å². The SMILES string of the molecule is CC(c1cccc(Cl)c1)N(C)C(=O)C1(N)CCCCC1. The Morgan fingerprint density at radius 1 is 1.35 bits per heavy atom. The first-order valence-corrected chi connectivity index (χ1v) is 7.63. The maximum Gasteiger partial charge on any atom is 0.242 e. The molecule has 2 N–H and O–H groups in total. The number of benzene rings is 1. The van der Waals surface area contributed by atoms with Gasteiger partial charge in [0, 0.05) is 12.1 Å². The molecule has 1 fully saturated rings. The van der Waals surface area contributed by atoms with Crippen LogP contribution in [-0.4, -0.2) is 23.4 Å². The number of likely N-dealkylation sites (N-methyl/N-ethyl adjacent to an activating group) is 1. The summed E-state index contributed by atoms with van der Waals surface area (Å²) in [6.45, 7) is 2.01. The van der Waals surface area contributed by atoms with Crippen molar-refractivity contribution in [1.82, 2.24) is 4.90 Å². The van der Waals surface area contributed by atoms with E-state index in [4.69, 9.17) is 17.3 Å². The molecule has 1 atom stereocenters. The van der Waals surface area contributed by atoms with E-state index in [2.05, 4.69) is 0 Å². The fourth-order valence-corrected chi connectivity index (χ4v) is 3.11. The summed E-state index contributed by atoms with van der Waals surface area (Å²) in [5.41, 5.74) is 6.69. The van der Waals surface area contributed by atoms with Gasteiger partial charge in [-0.1, -0.05) is 43.0 Å². The van der Waals surface area contributed by atoms with Gasteiger partial charge in [-0.15, -0.1) is 0 Å². The molecule has 0 aliphatic heterocycles. The van der Waals surface area contributed by atoms with Crippen molar-refractivity contribution in [2.75, 3.05) is 7.05 Å². The predicted molar refractivity (Wildman–Crippen MR) is 82.6 cm³/mol. The number of nitrogens with two attached hydrogens (primary N) is 1. The molecule has 1 amide bonds. The number of carbonyl (C=O) groups is 1. The zero-order chi connectivity index (χ0) is 14.8. The Morgan fingerprint density at radius 3 is 2.60 bits per heavy atom. The van der Waals surface area contributed by atoms with Gasteiger partial charge in [0.15, 0.2) is 0 Å². The molecule has 110 valence electrons. The van der Waals surface area contributed by atoms with Crippen molar-refractivity contribution in [2.24, 2.45) is 5.73 Å². The highest BCUT2D eigenvalue weighted by Crippen LogP contribution is 2.30. The number of rotatable bonds is 3. The molecular weight excluding hydrogens is 272 g/mol. The standard InChI is InChI=1S/C16H23ClN2O/c1-12(13-7-6-8-14(17)11-13)19(2)15(20)16(18)9-4-3-5-10-16/h6-8,11-12H,3-5,9-10,18H2,1-2H3. The Hall–Kier alpha value is -1.06. The summed E-state index contributed by atoms with van der Waals surface area (Å²) in [6.07, 6.45) is 4.85. The van der Waals surface area contributed by atoms with Crippen LogP contribution in [0.3, 0.4) is 0 Å². The minimum Gasteiger partial charge on any atom is -0.337 e. The third-order valence-corrected chi connectivity index (χ3v) is 4.64. The van der Waals surface area contributed by atoms with Gasteiger partial charge < -0.3 is 10.6 Å². The first-order valence-electron chi connectivity index (χ1n) is 7.26. The smallest absolute Gasteiger partial charge is 0.242 e. The number of halogens is 1. The van der Waals surface area contributed by atoms with Crippen LogP contribution in [0.4, 0.5) is 0 Å². The van der Waals surface area contributed by atoms with Crippen molar-refractivity contribution in [2.45, 2.75) is 50.6 Å². The molecule has 0 bridgehead atoms. The molecule has 4 heteroatoms. The largest absolute Gasteiger partial charge is 0.337 e. The molecule has 2 rings (SSSR count). The van der Waals surface area contributed by atoms with E-state index in [-0.39, 0.29) is 11.9 Å². The van der Waals surface area contributed by atoms with Gasteiger partial charge >= 0.3 is 0 Å². The van der Waals surface area contributed by atoms with E-state index in [1.807, 2.05) is 38.2 Å². The summed E-state index contributed by atoms with van der Waals surface area (Å²) in [5.74, 6) is 0.0460. The fraction of sp³-hybridized carbons (Fsp3) is 0.562. The second kappa shape index (κ2) is 6.15. The molecule has 1 aromatic rings. The molecule has 0 spiro atoms. The summed E-state index contributed by atoms with van der Waals surface area (Å²) in [4.78, 5) is 14.4. The highest BCUT2D eigenvalue weighted by Gasteiger charge is 2.38. The first kappa shape index (κ1) is 15.3. The Balaban J connectivity index is 2.13. The lowest BCUT2D eigenvalue weighted by Crippen LogP contribution is -2.55.